The van der Waals surface area contributed by atoms with Gasteiger partial charge >= 0.3 is 0 Å². The zero-order chi connectivity index (χ0) is 11.5. The first kappa shape index (κ1) is 11.6. The van der Waals surface area contributed by atoms with Gasteiger partial charge in [-0.1, -0.05) is 17.7 Å². The van der Waals surface area contributed by atoms with Crippen LogP contribution in [0.25, 0.3) is 0 Å². The highest BCUT2D eigenvalue weighted by Gasteiger charge is 2.10. The third-order valence-electron chi connectivity index (χ3n) is 2.67. The van der Waals surface area contributed by atoms with Crippen molar-refractivity contribution in [1.82, 2.24) is 0 Å². The van der Waals surface area contributed by atoms with Crippen molar-refractivity contribution in [2.24, 2.45) is 5.73 Å². The molecule has 1 nitrogen and oxygen atoms in total. The van der Waals surface area contributed by atoms with Gasteiger partial charge < -0.3 is 5.73 Å². The lowest BCUT2D eigenvalue weighted by Crippen LogP contribution is -2.14. The van der Waals surface area contributed by atoms with E-state index in [4.69, 9.17) is 17.3 Å². The van der Waals surface area contributed by atoms with Gasteiger partial charge in [-0.25, -0.2) is 0 Å². The average molecular weight is 252 g/mol. The fraction of sp³-hybridized carbons (Fsp3) is 0.231. The molecule has 0 saturated heterocycles. The van der Waals surface area contributed by atoms with E-state index in [-0.39, 0.29) is 6.04 Å². The summed E-state index contributed by atoms with van der Waals surface area (Å²) in [5.41, 5.74) is 9.84. The van der Waals surface area contributed by atoms with Gasteiger partial charge in [-0.3, -0.25) is 0 Å². The van der Waals surface area contributed by atoms with E-state index in [1.807, 2.05) is 18.2 Å². The van der Waals surface area contributed by atoms with Crippen LogP contribution in [0.3, 0.4) is 0 Å². The summed E-state index contributed by atoms with van der Waals surface area (Å²) in [4.78, 5) is 0. The van der Waals surface area contributed by atoms with E-state index in [0.717, 1.165) is 17.0 Å². The topological polar surface area (TPSA) is 26.0 Å². The van der Waals surface area contributed by atoms with Crippen LogP contribution in [0.5, 0.6) is 0 Å². The molecule has 2 aromatic rings. The third kappa shape index (κ3) is 2.64. The fourth-order valence-electron chi connectivity index (χ4n) is 1.83. The number of aryl methyl sites for hydroxylation is 1. The summed E-state index contributed by atoms with van der Waals surface area (Å²) in [6.45, 7) is 2.05. The van der Waals surface area contributed by atoms with Crippen molar-refractivity contribution in [1.29, 1.82) is 0 Å². The van der Waals surface area contributed by atoms with E-state index >= 15 is 0 Å². The Labute approximate surface area is 105 Å². The molecule has 0 aliphatic rings. The van der Waals surface area contributed by atoms with Gasteiger partial charge in [0.25, 0.3) is 0 Å². The van der Waals surface area contributed by atoms with Crippen molar-refractivity contribution in [3.05, 3.63) is 56.7 Å². The number of hydrogen-bond acceptors (Lipinski definition) is 2. The Balaban J connectivity index is 2.17. The minimum atomic E-state index is 0.0480. The summed E-state index contributed by atoms with van der Waals surface area (Å²) in [7, 11) is 0. The Hall–Kier alpha value is -0.830. The largest absolute Gasteiger partial charge is 0.324 e. The fourth-order valence-corrected chi connectivity index (χ4v) is 2.74. The highest BCUT2D eigenvalue weighted by Crippen LogP contribution is 2.23. The molecule has 84 valence electrons. The van der Waals surface area contributed by atoms with Crippen molar-refractivity contribution in [3.63, 3.8) is 0 Å². The monoisotopic (exact) mass is 251 g/mol. The third-order valence-corrected chi connectivity index (χ3v) is 3.63. The van der Waals surface area contributed by atoms with E-state index in [0.29, 0.717) is 0 Å². The Bertz CT molecular complexity index is 465. The summed E-state index contributed by atoms with van der Waals surface area (Å²) in [5, 5.41) is 4.99. The molecule has 0 fully saturated rings. The zero-order valence-corrected chi connectivity index (χ0v) is 10.7. The second kappa shape index (κ2) is 5.00. The lowest BCUT2D eigenvalue weighted by atomic mass is 9.97. The Morgan fingerprint density at radius 3 is 2.81 bits per heavy atom. The quantitative estimate of drug-likeness (QED) is 0.878. The van der Waals surface area contributed by atoms with Crippen LogP contribution in [0.15, 0.2) is 35.0 Å². The van der Waals surface area contributed by atoms with Crippen LogP contribution >= 0.6 is 22.9 Å². The maximum absolute atomic E-state index is 6.20. The van der Waals surface area contributed by atoms with Crippen LogP contribution in [0, 0.1) is 6.92 Å². The minimum absolute atomic E-state index is 0.0480. The number of halogens is 1. The zero-order valence-electron chi connectivity index (χ0n) is 9.11. The Morgan fingerprint density at radius 1 is 1.38 bits per heavy atom. The van der Waals surface area contributed by atoms with Crippen molar-refractivity contribution in [2.45, 2.75) is 19.4 Å². The molecule has 16 heavy (non-hydrogen) atoms. The number of hydrogen-bond donors (Lipinski definition) is 1. The van der Waals surface area contributed by atoms with Crippen LogP contribution in [-0.2, 0) is 6.42 Å². The number of benzene rings is 1. The van der Waals surface area contributed by atoms with Gasteiger partial charge in [0.15, 0.2) is 0 Å². The van der Waals surface area contributed by atoms with Crippen LogP contribution in [0.1, 0.15) is 22.7 Å². The van der Waals surface area contributed by atoms with Crippen LogP contribution in [-0.4, -0.2) is 0 Å². The lowest BCUT2D eigenvalue weighted by molar-refractivity contribution is 0.718. The Morgan fingerprint density at radius 2 is 2.19 bits per heavy atom. The summed E-state index contributed by atoms with van der Waals surface area (Å²) < 4.78 is 0. The van der Waals surface area contributed by atoms with E-state index in [9.17, 15) is 0 Å². The standard InChI is InChI=1S/C13H14ClNS/c1-9-6-11(14)2-3-12(9)13(15)7-10-4-5-16-8-10/h2-6,8,13H,7,15H2,1H3. The summed E-state index contributed by atoms with van der Waals surface area (Å²) in [6.07, 6.45) is 0.881. The highest BCUT2D eigenvalue weighted by molar-refractivity contribution is 7.07. The lowest BCUT2D eigenvalue weighted by Gasteiger charge is -2.14. The molecule has 0 aliphatic carbocycles. The van der Waals surface area contributed by atoms with Gasteiger partial charge in [0.2, 0.25) is 0 Å². The van der Waals surface area contributed by atoms with Gasteiger partial charge in [0, 0.05) is 11.1 Å². The van der Waals surface area contributed by atoms with E-state index in [1.165, 1.54) is 11.1 Å². The van der Waals surface area contributed by atoms with E-state index in [1.54, 1.807) is 11.3 Å². The first-order valence-electron chi connectivity index (χ1n) is 5.19. The van der Waals surface area contributed by atoms with Gasteiger partial charge in [0.05, 0.1) is 0 Å². The summed E-state index contributed by atoms with van der Waals surface area (Å²) in [6, 6.07) is 8.05. The first-order chi connectivity index (χ1) is 7.66. The number of thiophene rings is 1. The molecule has 1 unspecified atom stereocenters. The molecule has 0 amide bonds. The molecule has 2 rings (SSSR count). The molecule has 1 aromatic carbocycles. The molecule has 0 spiro atoms. The molecule has 0 aliphatic heterocycles. The number of rotatable bonds is 3. The van der Waals surface area contributed by atoms with Crippen LogP contribution in [0.4, 0.5) is 0 Å². The normalized spacial score (nSPS) is 12.7. The predicted octanol–water partition coefficient (Wildman–Crippen LogP) is 3.95. The molecule has 1 aromatic heterocycles. The second-order valence-electron chi connectivity index (χ2n) is 3.94. The van der Waals surface area contributed by atoms with Gasteiger partial charge in [0.1, 0.15) is 0 Å². The smallest absolute Gasteiger partial charge is 0.0408 e. The van der Waals surface area contributed by atoms with Crippen LogP contribution in [0.2, 0.25) is 5.02 Å². The molecule has 1 heterocycles. The van der Waals surface area contributed by atoms with Crippen molar-refractivity contribution in [3.8, 4) is 0 Å². The van der Waals surface area contributed by atoms with Gasteiger partial charge in [-0.2, -0.15) is 11.3 Å². The number of nitrogens with two attached hydrogens (primary N) is 1. The first-order valence-corrected chi connectivity index (χ1v) is 6.51. The second-order valence-corrected chi connectivity index (χ2v) is 5.16. The minimum Gasteiger partial charge on any atom is -0.324 e. The molecule has 1 atom stereocenters. The highest BCUT2D eigenvalue weighted by atomic mass is 35.5. The maximum atomic E-state index is 6.20. The SMILES string of the molecule is Cc1cc(Cl)ccc1C(N)Cc1ccsc1. The maximum Gasteiger partial charge on any atom is 0.0408 e. The van der Waals surface area contributed by atoms with Crippen LogP contribution < -0.4 is 5.73 Å². The van der Waals surface area contributed by atoms with E-state index < -0.39 is 0 Å². The van der Waals surface area contributed by atoms with Crippen molar-refractivity contribution in [2.75, 3.05) is 0 Å². The van der Waals surface area contributed by atoms with E-state index in [2.05, 4.69) is 23.8 Å². The Kier molecular flexibility index (Phi) is 3.64. The molecule has 0 saturated carbocycles. The summed E-state index contributed by atoms with van der Waals surface area (Å²) in [5.74, 6) is 0. The summed E-state index contributed by atoms with van der Waals surface area (Å²) >= 11 is 7.63. The van der Waals surface area contributed by atoms with Gasteiger partial charge in [-0.15, -0.1) is 0 Å². The predicted molar refractivity (Wildman–Crippen MR) is 71.1 cm³/mol. The van der Waals surface area contributed by atoms with Crippen molar-refractivity contribution < 1.29 is 0 Å². The molecule has 0 bridgehead atoms. The molecular formula is C13H14ClNS. The van der Waals surface area contributed by atoms with Gasteiger partial charge in [-0.05, 0) is 59.0 Å². The molecule has 2 N–H and O–H groups in total. The molecular weight excluding hydrogens is 238 g/mol. The molecule has 3 heteroatoms. The molecule has 0 radical (unpaired) electrons. The van der Waals surface area contributed by atoms with Crippen molar-refractivity contribution >= 4 is 22.9 Å². The average Bonchev–Trinajstić information content (AvgIpc) is 2.70.